The Morgan fingerprint density at radius 1 is 1.11 bits per heavy atom. The fourth-order valence-electron chi connectivity index (χ4n) is 4.18. The number of rotatable bonds is 5. The van der Waals surface area contributed by atoms with Gasteiger partial charge in [0.25, 0.3) is 0 Å². The highest BCUT2D eigenvalue weighted by Crippen LogP contribution is 2.28. The highest BCUT2D eigenvalue weighted by molar-refractivity contribution is 14.0. The van der Waals surface area contributed by atoms with Gasteiger partial charge in [-0.3, -0.25) is 9.89 Å². The van der Waals surface area contributed by atoms with Crippen LogP contribution in [0.25, 0.3) is 0 Å². The van der Waals surface area contributed by atoms with Crippen LogP contribution in [0.5, 0.6) is 0 Å². The van der Waals surface area contributed by atoms with Crippen molar-refractivity contribution in [3.8, 4) is 0 Å². The van der Waals surface area contributed by atoms with Crippen LogP contribution in [0.2, 0.25) is 0 Å². The molecular formula is C21H29IN4O. The predicted octanol–water partition coefficient (Wildman–Crippen LogP) is 4.34. The molecule has 5 nitrogen and oxygen atoms in total. The number of nitrogens with one attached hydrogen (secondary N) is 1. The zero-order valence-corrected chi connectivity index (χ0v) is 18.0. The Morgan fingerprint density at radius 3 is 2.70 bits per heavy atom. The Hall–Kier alpha value is -1.54. The first-order valence-electron chi connectivity index (χ1n) is 9.76. The van der Waals surface area contributed by atoms with Crippen LogP contribution in [-0.4, -0.2) is 30.5 Å². The predicted molar refractivity (Wildman–Crippen MR) is 121 cm³/mol. The third-order valence-electron chi connectivity index (χ3n) is 5.55. The lowest BCUT2D eigenvalue weighted by atomic mass is 9.90. The SMILES string of the molecule is I.NC(=NCC(c1ccco1)N1CCCC1)Nc1cccc2c1CCCC2. The zero-order chi connectivity index (χ0) is 17.8. The number of anilines is 1. The van der Waals surface area contributed by atoms with Crippen LogP contribution in [-0.2, 0) is 12.8 Å². The Kier molecular flexibility index (Phi) is 7.18. The van der Waals surface area contributed by atoms with Gasteiger partial charge in [0.05, 0.1) is 18.8 Å². The van der Waals surface area contributed by atoms with E-state index < -0.39 is 0 Å². The summed E-state index contributed by atoms with van der Waals surface area (Å²) in [6.45, 7) is 2.81. The van der Waals surface area contributed by atoms with Crippen molar-refractivity contribution in [2.45, 2.75) is 44.6 Å². The van der Waals surface area contributed by atoms with Crippen LogP contribution >= 0.6 is 24.0 Å². The lowest BCUT2D eigenvalue weighted by molar-refractivity contribution is 0.221. The van der Waals surface area contributed by atoms with Gasteiger partial charge in [-0.1, -0.05) is 12.1 Å². The quantitative estimate of drug-likeness (QED) is 0.380. The normalized spacial score (nSPS) is 18.6. The van der Waals surface area contributed by atoms with Crippen LogP contribution < -0.4 is 11.1 Å². The number of halogens is 1. The number of aryl methyl sites for hydroxylation is 1. The molecule has 2 heterocycles. The molecule has 146 valence electrons. The van der Waals surface area contributed by atoms with Crippen LogP contribution in [0.4, 0.5) is 5.69 Å². The summed E-state index contributed by atoms with van der Waals surface area (Å²) in [7, 11) is 0. The molecule has 1 aliphatic heterocycles. The smallest absolute Gasteiger partial charge is 0.193 e. The van der Waals surface area contributed by atoms with Gasteiger partial charge in [-0.2, -0.15) is 0 Å². The third-order valence-corrected chi connectivity index (χ3v) is 5.55. The van der Waals surface area contributed by atoms with Gasteiger partial charge in [-0.25, -0.2) is 0 Å². The van der Waals surface area contributed by atoms with Crippen molar-refractivity contribution in [1.82, 2.24) is 4.90 Å². The fourth-order valence-corrected chi connectivity index (χ4v) is 4.18. The maximum Gasteiger partial charge on any atom is 0.193 e. The molecule has 0 spiro atoms. The van der Waals surface area contributed by atoms with E-state index in [1.165, 1.54) is 36.8 Å². The number of furan rings is 1. The van der Waals surface area contributed by atoms with E-state index >= 15 is 0 Å². The zero-order valence-electron chi connectivity index (χ0n) is 15.7. The number of guanidine groups is 1. The largest absolute Gasteiger partial charge is 0.468 e. The summed E-state index contributed by atoms with van der Waals surface area (Å²) < 4.78 is 5.66. The van der Waals surface area contributed by atoms with Crippen molar-refractivity contribution in [3.05, 3.63) is 53.5 Å². The van der Waals surface area contributed by atoms with Gasteiger partial charge < -0.3 is 15.5 Å². The summed E-state index contributed by atoms with van der Waals surface area (Å²) >= 11 is 0. The molecular weight excluding hydrogens is 451 g/mol. The van der Waals surface area contributed by atoms with Crippen LogP contribution in [0, 0.1) is 0 Å². The van der Waals surface area contributed by atoms with Crippen LogP contribution in [0.15, 0.2) is 46.0 Å². The molecule has 0 bridgehead atoms. The van der Waals surface area contributed by atoms with Crippen LogP contribution in [0.3, 0.4) is 0 Å². The Morgan fingerprint density at radius 2 is 1.93 bits per heavy atom. The molecule has 0 amide bonds. The monoisotopic (exact) mass is 480 g/mol. The lowest BCUT2D eigenvalue weighted by Gasteiger charge is -2.24. The van der Waals surface area contributed by atoms with Crippen molar-refractivity contribution in [1.29, 1.82) is 0 Å². The van der Waals surface area contributed by atoms with E-state index in [-0.39, 0.29) is 30.0 Å². The molecule has 1 aromatic carbocycles. The maximum absolute atomic E-state index is 6.23. The van der Waals surface area contributed by atoms with Gasteiger partial charge in [-0.05, 0) is 80.9 Å². The Bertz CT molecular complexity index is 754. The van der Waals surface area contributed by atoms with Crippen LogP contribution in [0.1, 0.15) is 48.6 Å². The van der Waals surface area contributed by atoms with Crippen molar-refractivity contribution in [3.63, 3.8) is 0 Å². The molecule has 27 heavy (non-hydrogen) atoms. The minimum Gasteiger partial charge on any atom is -0.468 e. The summed E-state index contributed by atoms with van der Waals surface area (Å²) in [6.07, 6.45) is 9.03. The number of likely N-dealkylation sites (tertiary alicyclic amines) is 1. The molecule has 0 saturated carbocycles. The highest BCUT2D eigenvalue weighted by Gasteiger charge is 2.25. The third kappa shape index (κ3) is 4.85. The molecule has 1 saturated heterocycles. The first-order chi connectivity index (χ1) is 12.8. The Balaban J connectivity index is 0.00000210. The molecule has 6 heteroatoms. The first kappa shape index (κ1) is 20.2. The van der Waals surface area contributed by atoms with E-state index in [0.29, 0.717) is 12.5 Å². The van der Waals surface area contributed by atoms with E-state index in [2.05, 4.69) is 33.4 Å². The molecule has 2 aromatic rings. The van der Waals surface area contributed by atoms with Gasteiger partial charge >= 0.3 is 0 Å². The highest BCUT2D eigenvalue weighted by atomic mass is 127. The molecule has 1 aromatic heterocycles. The topological polar surface area (TPSA) is 66.8 Å². The molecule has 1 unspecified atom stereocenters. The summed E-state index contributed by atoms with van der Waals surface area (Å²) in [5.41, 5.74) is 10.2. The molecule has 1 aliphatic carbocycles. The molecule has 1 fully saturated rings. The van der Waals surface area contributed by atoms with Crippen molar-refractivity contribution >= 4 is 35.6 Å². The van der Waals surface area contributed by atoms with Gasteiger partial charge in [0, 0.05) is 5.69 Å². The average molecular weight is 480 g/mol. The summed E-state index contributed by atoms with van der Waals surface area (Å²) in [6, 6.07) is 10.6. The number of hydrogen-bond donors (Lipinski definition) is 2. The lowest BCUT2D eigenvalue weighted by Crippen LogP contribution is -2.30. The van der Waals surface area contributed by atoms with E-state index in [0.717, 1.165) is 37.4 Å². The Labute approximate surface area is 178 Å². The minimum atomic E-state index is 0. The molecule has 3 N–H and O–H groups in total. The summed E-state index contributed by atoms with van der Waals surface area (Å²) in [4.78, 5) is 7.10. The van der Waals surface area contributed by atoms with E-state index in [9.17, 15) is 0 Å². The number of aliphatic imine (C=N–C) groups is 1. The number of benzene rings is 1. The minimum absolute atomic E-state index is 0. The number of nitrogens with zero attached hydrogens (tertiary/aromatic N) is 2. The van der Waals surface area contributed by atoms with Gasteiger partial charge in [0.15, 0.2) is 5.96 Å². The van der Waals surface area contributed by atoms with Gasteiger partial charge in [-0.15, -0.1) is 24.0 Å². The summed E-state index contributed by atoms with van der Waals surface area (Å²) in [5.74, 6) is 1.46. The van der Waals surface area contributed by atoms with Gasteiger partial charge in [0.2, 0.25) is 0 Å². The first-order valence-corrected chi connectivity index (χ1v) is 9.76. The van der Waals surface area contributed by atoms with E-state index in [1.807, 2.05) is 12.1 Å². The maximum atomic E-state index is 6.23. The molecule has 4 rings (SSSR count). The second-order valence-corrected chi connectivity index (χ2v) is 7.28. The van der Waals surface area contributed by atoms with E-state index in [1.54, 1.807) is 6.26 Å². The molecule has 2 aliphatic rings. The number of nitrogens with two attached hydrogens (primary N) is 1. The van der Waals surface area contributed by atoms with Crippen molar-refractivity contribution < 1.29 is 4.42 Å². The molecule has 0 radical (unpaired) electrons. The number of hydrogen-bond acceptors (Lipinski definition) is 3. The van der Waals surface area contributed by atoms with Gasteiger partial charge in [0.1, 0.15) is 5.76 Å². The standard InChI is InChI=1S/C21H28N4O.HI/c22-21(24-18-10-5-8-16-7-1-2-9-17(16)18)23-15-19(20-11-6-14-26-20)25-12-3-4-13-25;/h5-6,8,10-11,14,19H,1-4,7,9,12-13,15H2,(H3,22,23,24);1H. The fraction of sp³-hybridized carbons (Fsp3) is 0.476. The van der Waals surface area contributed by atoms with Crippen molar-refractivity contribution in [2.75, 3.05) is 25.0 Å². The van der Waals surface area contributed by atoms with Crippen molar-refractivity contribution in [2.24, 2.45) is 10.7 Å². The second-order valence-electron chi connectivity index (χ2n) is 7.28. The second kappa shape index (κ2) is 9.59. The number of fused-ring (bicyclic) bond motifs is 1. The van der Waals surface area contributed by atoms with E-state index in [4.69, 9.17) is 10.2 Å². The summed E-state index contributed by atoms with van der Waals surface area (Å²) in [5, 5.41) is 3.34. The molecule has 1 atom stereocenters. The average Bonchev–Trinajstić information content (AvgIpc) is 3.37.